The van der Waals surface area contributed by atoms with Crippen molar-refractivity contribution in [2.24, 2.45) is 0 Å². The number of nitrogen functional groups attached to an aromatic ring is 1. The number of ether oxygens (including phenoxy) is 1. The maximum atomic E-state index is 11.8. The van der Waals surface area contributed by atoms with E-state index in [0.717, 1.165) is 5.56 Å². The van der Waals surface area contributed by atoms with Gasteiger partial charge in [0.1, 0.15) is 5.60 Å². The van der Waals surface area contributed by atoms with E-state index in [1.54, 1.807) is 45.0 Å². The second-order valence-corrected chi connectivity index (χ2v) is 5.55. The van der Waals surface area contributed by atoms with Crippen LogP contribution in [0.2, 0.25) is 0 Å². The van der Waals surface area contributed by atoms with Crippen LogP contribution in [-0.2, 0) is 4.74 Å². The lowest BCUT2D eigenvalue weighted by molar-refractivity contribution is 0.0502. The minimum absolute atomic E-state index is 0.0263. The molecule has 0 radical (unpaired) electrons. The van der Waals surface area contributed by atoms with Crippen molar-refractivity contribution >= 4 is 17.9 Å². The Balaban J connectivity index is 2.79. The van der Waals surface area contributed by atoms with E-state index in [2.05, 4.69) is 10.6 Å². The van der Waals surface area contributed by atoms with Gasteiger partial charge >= 0.3 is 12.2 Å². The molecule has 0 bridgehead atoms. The van der Waals surface area contributed by atoms with Gasteiger partial charge in [0.25, 0.3) is 0 Å². The summed E-state index contributed by atoms with van der Waals surface area (Å²) < 4.78 is 5.17. The zero-order valence-electron chi connectivity index (χ0n) is 12.3. The number of alkyl carbamates (subject to hydrolysis) is 1. The average molecular weight is 295 g/mol. The Hall–Kier alpha value is -2.44. The van der Waals surface area contributed by atoms with Gasteiger partial charge in [-0.1, -0.05) is 12.1 Å². The molecule has 116 valence electrons. The Morgan fingerprint density at radius 1 is 1.29 bits per heavy atom. The normalized spacial score (nSPS) is 12.3. The number of carbonyl (C=O) groups excluding carboxylic acids is 1. The van der Waals surface area contributed by atoms with Crippen LogP contribution in [0.4, 0.5) is 15.3 Å². The van der Waals surface area contributed by atoms with E-state index in [1.165, 1.54) is 0 Å². The maximum absolute atomic E-state index is 11.8. The van der Waals surface area contributed by atoms with Crippen molar-refractivity contribution in [1.82, 2.24) is 10.6 Å². The lowest BCUT2D eigenvalue weighted by Crippen LogP contribution is -2.40. The Labute approximate surface area is 123 Å². The third kappa shape index (κ3) is 6.51. The van der Waals surface area contributed by atoms with Crippen molar-refractivity contribution in [3.05, 3.63) is 29.8 Å². The Morgan fingerprint density at radius 3 is 2.33 bits per heavy atom. The molecule has 1 unspecified atom stereocenters. The third-order valence-electron chi connectivity index (χ3n) is 2.49. The highest BCUT2D eigenvalue weighted by Gasteiger charge is 2.21. The molecule has 1 aromatic carbocycles. The molecule has 0 aliphatic carbocycles. The van der Waals surface area contributed by atoms with E-state index < -0.39 is 23.8 Å². The van der Waals surface area contributed by atoms with Crippen molar-refractivity contribution < 1.29 is 19.4 Å². The second-order valence-electron chi connectivity index (χ2n) is 5.55. The number of nitrogens with one attached hydrogen (secondary N) is 2. The van der Waals surface area contributed by atoms with Gasteiger partial charge in [-0.25, -0.2) is 9.59 Å². The first-order chi connectivity index (χ1) is 9.67. The number of rotatable bonds is 4. The van der Waals surface area contributed by atoms with Crippen LogP contribution < -0.4 is 16.4 Å². The van der Waals surface area contributed by atoms with E-state index >= 15 is 0 Å². The maximum Gasteiger partial charge on any atom is 0.408 e. The van der Waals surface area contributed by atoms with Crippen molar-refractivity contribution in [3.8, 4) is 0 Å². The highest BCUT2D eigenvalue weighted by Crippen LogP contribution is 2.16. The van der Waals surface area contributed by atoms with Gasteiger partial charge in [0.2, 0.25) is 0 Å². The summed E-state index contributed by atoms with van der Waals surface area (Å²) in [6.07, 6.45) is -1.78. The summed E-state index contributed by atoms with van der Waals surface area (Å²) in [5.41, 5.74) is 6.29. The molecule has 21 heavy (non-hydrogen) atoms. The molecule has 0 spiro atoms. The van der Waals surface area contributed by atoms with E-state index in [1.807, 2.05) is 0 Å². The van der Waals surface area contributed by atoms with Gasteiger partial charge in [-0.2, -0.15) is 0 Å². The van der Waals surface area contributed by atoms with Crippen LogP contribution in [-0.4, -0.2) is 29.4 Å². The predicted molar refractivity (Wildman–Crippen MR) is 79.0 cm³/mol. The number of anilines is 1. The fourth-order valence-corrected chi connectivity index (χ4v) is 1.62. The second kappa shape index (κ2) is 6.83. The summed E-state index contributed by atoms with van der Waals surface area (Å²) in [5, 5.41) is 13.6. The van der Waals surface area contributed by atoms with E-state index in [0.29, 0.717) is 5.69 Å². The van der Waals surface area contributed by atoms with Gasteiger partial charge in [0, 0.05) is 12.2 Å². The van der Waals surface area contributed by atoms with Crippen molar-refractivity contribution in [2.75, 3.05) is 12.3 Å². The van der Waals surface area contributed by atoms with Crippen LogP contribution >= 0.6 is 0 Å². The van der Waals surface area contributed by atoms with E-state index in [9.17, 15) is 9.59 Å². The highest BCUT2D eigenvalue weighted by molar-refractivity contribution is 5.69. The number of hydrogen-bond donors (Lipinski definition) is 4. The summed E-state index contributed by atoms with van der Waals surface area (Å²) in [6, 6.07) is 6.26. The molecular formula is C14H21N3O4. The molecule has 1 rings (SSSR count). The smallest absolute Gasteiger partial charge is 0.408 e. The molecule has 0 heterocycles. The monoisotopic (exact) mass is 295 g/mol. The first-order valence-electron chi connectivity index (χ1n) is 6.49. The molecule has 1 aromatic rings. The Kier molecular flexibility index (Phi) is 5.40. The summed E-state index contributed by atoms with van der Waals surface area (Å²) in [6.45, 7) is 5.28. The minimum atomic E-state index is -1.17. The number of carbonyl (C=O) groups is 2. The average Bonchev–Trinajstić information content (AvgIpc) is 2.33. The molecular weight excluding hydrogens is 274 g/mol. The zero-order valence-corrected chi connectivity index (χ0v) is 12.3. The van der Waals surface area contributed by atoms with E-state index in [-0.39, 0.29) is 6.54 Å². The molecule has 0 saturated heterocycles. The SMILES string of the molecule is CC(C)(C)OC(=O)NC(CNC(=O)O)c1ccc(N)cc1. The molecule has 0 aliphatic rings. The van der Waals surface area contributed by atoms with Crippen LogP contribution in [0.3, 0.4) is 0 Å². The van der Waals surface area contributed by atoms with Crippen LogP contribution in [0.15, 0.2) is 24.3 Å². The summed E-state index contributed by atoms with van der Waals surface area (Å²) in [7, 11) is 0. The number of carboxylic acid groups (broad SMARTS) is 1. The number of nitrogens with two attached hydrogens (primary N) is 1. The standard InChI is InChI=1S/C14H21N3O4/c1-14(2,3)21-13(20)17-11(8-16-12(18)19)9-4-6-10(15)7-5-9/h4-7,11,16H,8,15H2,1-3H3,(H,17,20)(H,18,19). The molecule has 7 nitrogen and oxygen atoms in total. The van der Waals surface area contributed by atoms with Crippen LogP contribution in [0.5, 0.6) is 0 Å². The Morgan fingerprint density at radius 2 is 1.86 bits per heavy atom. The van der Waals surface area contributed by atoms with Gasteiger partial charge in [-0.3, -0.25) is 0 Å². The van der Waals surface area contributed by atoms with Gasteiger partial charge in [-0.15, -0.1) is 0 Å². The van der Waals surface area contributed by atoms with Gasteiger partial charge in [0.05, 0.1) is 6.04 Å². The molecule has 0 aromatic heterocycles. The minimum Gasteiger partial charge on any atom is -0.465 e. The molecule has 7 heteroatoms. The van der Waals surface area contributed by atoms with Crippen molar-refractivity contribution in [1.29, 1.82) is 0 Å². The van der Waals surface area contributed by atoms with Crippen LogP contribution in [0.25, 0.3) is 0 Å². The van der Waals surface area contributed by atoms with Gasteiger partial charge in [-0.05, 0) is 38.5 Å². The van der Waals surface area contributed by atoms with Crippen LogP contribution in [0, 0.1) is 0 Å². The lowest BCUT2D eigenvalue weighted by Gasteiger charge is -2.24. The zero-order chi connectivity index (χ0) is 16.0. The lowest BCUT2D eigenvalue weighted by atomic mass is 10.1. The van der Waals surface area contributed by atoms with Crippen molar-refractivity contribution in [3.63, 3.8) is 0 Å². The Bertz CT molecular complexity index is 494. The predicted octanol–water partition coefficient (Wildman–Crippen LogP) is 2.10. The number of hydrogen-bond acceptors (Lipinski definition) is 4. The first-order valence-corrected chi connectivity index (χ1v) is 6.49. The number of benzene rings is 1. The molecule has 0 saturated carbocycles. The molecule has 2 amide bonds. The summed E-state index contributed by atoms with van der Waals surface area (Å²) >= 11 is 0. The van der Waals surface area contributed by atoms with Crippen LogP contribution in [0.1, 0.15) is 32.4 Å². The summed E-state index contributed by atoms with van der Waals surface area (Å²) in [4.78, 5) is 22.4. The molecule has 5 N–H and O–H groups in total. The van der Waals surface area contributed by atoms with E-state index in [4.69, 9.17) is 15.6 Å². The van der Waals surface area contributed by atoms with Crippen molar-refractivity contribution in [2.45, 2.75) is 32.4 Å². The summed E-state index contributed by atoms with van der Waals surface area (Å²) in [5.74, 6) is 0. The topological polar surface area (TPSA) is 114 Å². The third-order valence-corrected chi connectivity index (χ3v) is 2.49. The largest absolute Gasteiger partial charge is 0.465 e. The molecule has 0 fully saturated rings. The number of amides is 2. The highest BCUT2D eigenvalue weighted by atomic mass is 16.6. The fraction of sp³-hybridized carbons (Fsp3) is 0.429. The quantitative estimate of drug-likeness (QED) is 0.635. The molecule has 1 atom stereocenters. The fourth-order valence-electron chi connectivity index (χ4n) is 1.62. The van der Waals surface area contributed by atoms with Gasteiger partial charge in [0.15, 0.2) is 0 Å². The molecule has 0 aliphatic heterocycles. The first kappa shape index (κ1) is 16.6. The van der Waals surface area contributed by atoms with Gasteiger partial charge < -0.3 is 26.2 Å².